The molecule has 0 spiro atoms. The fourth-order valence-electron chi connectivity index (χ4n) is 2.46. The van der Waals surface area contributed by atoms with E-state index in [0.717, 1.165) is 32.0 Å². The zero-order chi connectivity index (χ0) is 14.4. The molecule has 0 aromatic heterocycles. The molecule has 0 saturated heterocycles. The van der Waals surface area contributed by atoms with E-state index in [0.29, 0.717) is 6.04 Å². The SMILES string of the molecule is CC[C@@H]1C=CCN1Cc1ccc(OCCN(C)C)cc1. The molecular weight excluding hydrogens is 248 g/mol. The van der Waals surface area contributed by atoms with Gasteiger partial charge in [0.15, 0.2) is 0 Å². The first kappa shape index (κ1) is 15.1. The Bertz CT molecular complexity index is 425. The molecule has 1 aliphatic rings. The van der Waals surface area contributed by atoms with Crippen LogP contribution in [0.2, 0.25) is 0 Å². The predicted molar refractivity (Wildman–Crippen MR) is 84.1 cm³/mol. The highest BCUT2D eigenvalue weighted by molar-refractivity contribution is 5.27. The summed E-state index contributed by atoms with van der Waals surface area (Å²) >= 11 is 0. The zero-order valence-electron chi connectivity index (χ0n) is 12.9. The summed E-state index contributed by atoms with van der Waals surface area (Å²) in [6.07, 6.45) is 5.77. The van der Waals surface area contributed by atoms with Crippen molar-refractivity contribution < 1.29 is 4.74 Å². The lowest BCUT2D eigenvalue weighted by molar-refractivity contribution is 0.256. The summed E-state index contributed by atoms with van der Waals surface area (Å²) in [7, 11) is 4.11. The van der Waals surface area contributed by atoms with Crippen molar-refractivity contribution in [3.8, 4) is 5.75 Å². The average molecular weight is 274 g/mol. The Labute approximate surface area is 122 Å². The van der Waals surface area contributed by atoms with E-state index >= 15 is 0 Å². The molecule has 1 aromatic carbocycles. The summed E-state index contributed by atoms with van der Waals surface area (Å²) in [5.74, 6) is 0.960. The maximum absolute atomic E-state index is 5.72. The Kier molecular flexibility index (Phi) is 5.62. The monoisotopic (exact) mass is 274 g/mol. The molecule has 2 rings (SSSR count). The number of ether oxygens (including phenoxy) is 1. The first-order valence-corrected chi connectivity index (χ1v) is 7.46. The average Bonchev–Trinajstić information content (AvgIpc) is 2.87. The maximum atomic E-state index is 5.72. The molecule has 1 aliphatic heterocycles. The second-order valence-corrected chi connectivity index (χ2v) is 5.63. The molecule has 20 heavy (non-hydrogen) atoms. The lowest BCUT2D eigenvalue weighted by Crippen LogP contribution is -2.28. The molecule has 1 atom stereocenters. The number of hydrogen-bond donors (Lipinski definition) is 0. The topological polar surface area (TPSA) is 15.7 Å². The Morgan fingerprint density at radius 1 is 1.25 bits per heavy atom. The Balaban J connectivity index is 1.82. The van der Waals surface area contributed by atoms with E-state index in [2.05, 4.69) is 67.2 Å². The fourth-order valence-corrected chi connectivity index (χ4v) is 2.46. The third-order valence-corrected chi connectivity index (χ3v) is 3.70. The Hall–Kier alpha value is -1.32. The van der Waals surface area contributed by atoms with Crippen LogP contribution in [0.3, 0.4) is 0 Å². The van der Waals surface area contributed by atoms with Crippen molar-refractivity contribution in [3.63, 3.8) is 0 Å². The van der Waals surface area contributed by atoms with Gasteiger partial charge in [-0.3, -0.25) is 4.90 Å². The third kappa shape index (κ3) is 4.36. The van der Waals surface area contributed by atoms with Gasteiger partial charge in [0.2, 0.25) is 0 Å². The number of rotatable bonds is 7. The number of likely N-dealkylation sites (N-methyl/N-ethyl adjacent to an activating group) is 1. The molecule has 3 heteroatoms. The first-order chi connectivity index (χ1) is 9.69. The van der Waals surface area contributed by atoms with E-state index in [9.17, 15) is 0 Å². The Morgan fingerprint density at radius 2 is 2.00 bits per heavy atom. The van der Waals surface area contributed by atoms with Crippen LogP contribution >= 0.6 is 0 Å². The summed E-state index contributed by atoms with van der Waals surface area (Å²) in [5, 5.41) is 0. The summed E-state index contributed by atoms with van der Waals surface area (Å²) in [4.78, 5) is 4.63. The van der Waals surface area contributed by atoms with Gasteiger partial charge in [-0.2, -0.15) is 0 Å². The minimum absolute atomic E-state index is 0.603. The predicted octanol–water partition coefficient (Wildman–Crippen LogP) is 2.78. The van der Waals surface area contributed by atoms with Crippen LogP contribution in [0.1, 0.15) is 18.9 Å². The first-order valence-electron chi connectivity index (χ1n) is 7.46. The van der Waals surface area contributed by atoms with Gasteiger partial charge >= 0.3 is 0 Å². The summed E-state index contributed by atoms with van der Waals surface area (Å²) < 4.78 is 5.72. The highest BCUT2D eigenvalue weighted by Gasteiger charge is 2.17. The minimum Gasteiger partial charge on any atom is -0.492 e. The largest absolute Gasteiger partial charge is 0.492 e. The molecule has 0 fully saturated rings. The molecule has 0 amide bonds. The smallest absolute Gasteiger partial charge is 0.119 e. The van der Waals surface area contributed by atoms with E-state index in [-0.39, 0.29) is 0 Å². The highest BCUT2D eigenvalue weighted by Crippen LogP contribution is 2.18. The van der Waals surface area contributed by atoms with Gasteiger partial charge in [-0.15, -0.1) is 0 Å². The summed E-state index contributed by atoms with van der Waals surface area (Å²) in [5.41, 5.74) is 1.35. The second-order valence-electron chi connectivity index (χ2n) is 5.63. The molecule has 0 radical (unpaired) electrons. The summed E-state index contributed by atoms with van der Waals surface area (Å²) in [6, 6.07) is 9.11. The zero-order valence-corrected chi connectivity index (χ0v) is 12.9. The molecule has 0 N–H and O–H groups in total. The van der Waals surface area contributed by atoms with E-state index in [4.69, 9.17) is 4.74 Å². The van der Waals surface area contributed by atoms with E-state index in [1.807, 2.05) is 0 Å². The van der Waals surface area contributed by atoms with Crippen molar-refractivity contribution >= 4 is 0 Å². The lowest BCUT2D eigenvalue weighted by atomic mass is 10.1. The molecule has 0 aliphatic carbocycles. The van der Waals surface area contributed by atoms with Crippen molar-refractivity contribution in [2.75, 3.05) is 33.8 Å². The molecule has 0 unspecified atom stereocenters. The molecule has 110 valence electrons. The second kappa shape index (κ2) is 7.46. The van der Waals surface area contributed by atoms with Crippen LogP contribution in [-0.4, -0.2) is 49.6 Å². The van der Waals surface area contributed by atoms with E-state index in [1.165, 1.54) is 12.0 Å². The van der Waals surface area contributed by atoms with Crippen LogP contribution in [0.25, 0.3) is 0 Å². The third-order valence-electron chi connectivity index (χ3n) is 3.70. The molecule has 1 aromatic rings. The van der Waals surface area contributed by atoms with Crippen LogP contribution < -0.4 is 4.74 Å². The van der Waals surface area contributed by atoms with E-state index < -0.39 is 0 Å². The fraction of sp³-hybridized carbons (Fsp3) is 0.529. The van der Waals surface area contributed by atoms with Crippen molar-refractivity contribution in [2.45, 2.75) is 25.9 Å². The number of nitrogens with zero attached hydrogens (tertiary/aromatic N) is 2. The Morgan fingerprint density at radius 3 is 2.65 bits per heavy atom. The maximum Gasteiger partial charge on any atom is 0.119 e. The standard InChI is InChI=1S/C17H26N2O/c1-4-16-6-5-11-19(16)14-15-7-9-17(10-8-15)20-13-12-18(2)3/h5-10,16H,4,11-14H2,1-3H3/t16-/m1/s1. The van der Waals surface area contributed by atoms with Crippen LogP contribution in [0.5, 0.6) is 5.75 Å². The van der Waals surface area contributed by atoms with Crippen molar-refractivity contribution in [1.29, 1.82) is 0 Å². The van der Waals surface area contributed by atoms with Gasteiger partial charge in [-0.05, 0) is 38.2 Å². The number of hydrogen-bond acceptors (Lipinski definition) is 3. The van der Waals surface area contributed by atoms with Crippen LogP contribution in [-0.2, 0) is 6.54 Å². The molecular formula is C17H26N2O. The van der Waals surface area contributed by atoms with Crippen molar-refractivity contribution in [3.05, 3.63) is 42.0 Å². The lowest BCUT2D eigenvalue weighted by Gasteiger charge is -2.23. The van der Waals surface area contributed by atoms with Gasteiger partial charge in [-0.1, -0.05) is 31.2 Å². The van der Waals surface area contributed by atoms with Gasteiger partial charge in [0.05, 0.1) is 0 Å². The van der Waals surface area contributed by atoms with Crippen LogP contribution in [0.15, 0.2) is 36.4 Å². The number of benzene rings is 1. The van der Waals surface area contributed by atoms with Gasteiger partial charge in [0.1, 0.15) is 12.4 Å². The molecule has 3 nitrogen and oxygen atoms in total. The van der Waals surface area contributed by atoms with Gasteiger partial charge in [-0.25, -0.2) is 0 Å². The van der Waals surface area contributed by atoms with Gasteiger partial charge in [0, 0.05) is 25.7 Å². The van der Waals surface area contributed by atoms with Crippen LogP contribution in [0, 0.1) is 0 Å². The van der Waals surface area contributed by atoms with Gasteiger partial charge < -0.3 is 9.64 Å². The van der Waals surface area contributed by atoms with Crippen molar-refractivity contribution in [1.82, 2.24) is 9.80 Å². The molecule has 0 saturated carbocycles. The quantitative estimate of drug-likeness (QED) is 0.711. The normalized spacial score (nSPS) is 18.9. The molecule has 1 heterocycles. The highest BCUT2D eigenvalue weighted by atomic mass is 16.5. The summed E-state index contributed by atoms with van der Waals surface area (Å²) in [6.45, 7) is 6.01. The minimum atomic E-state index is 0.603. The van der Waals surface area contributed by atoms with Gasteiger partial charge in [0.25, 0.3) is 0 Å². The van der Waals surface area contributed by atoms with Crippen LogP contribution in [0.4, 0.5) is 0 Å². The van der Waals surface area contributed by atoms with Crippen molar-refractivity contribution in [2.24, 2.45) is 0 Å². The molecule has 0 bridgehead atoms. The van der Waals surface area contributed by atoms with E-state index in [1.54, 1.807) is 0 Å².